The van der Waals surface area contributed by atoms with Crippen molar-refractivity contribution in [3.8, 4) is 5.75 Å². The van der Waals surface area contributed by atoms with Crippen LogP contribution < -0.4 is 4.74 Å². The molecule has 0 aromatic heterocycles. The summed E-state index contributed by atoms with van der Waals surface area (Å²) in [4.78, 5) is 29.4. The third-order valence-corrected chi connectivity index (χ3v) is 5.86. The average molecular weight is 378 g/mol. The van der Waals surface area contributed by atoms with Crippen LogP contribution in [0.5, 0.6) is 5.75 Å². The largest absolute Gasteiger partial charge is 0.496 e. The lowest BCUT2D eigenvalue weighted by atomic mass is 9.95. The summed E-state index contributed by atoms with van der Waals surface area (Å²) >= 11 is 0. The lowest BCUT2D eigenvalue weighted by molar-refractivity contribution is 0.0707. The van der Waals surface area contributed by atoms with E-state index in [0.29, 0.717) is 23.8 Å². The van der Waals surface area contributed by atoms with Crippen LogP contribution in [0.2, 0.25) is 0 Å². The number of fused-ring (bicyclic) bond motifs is 1. The van der Waals surface area contributed by atoms with Crippen molar-refractivity contribution >= 4 is 11.7 Å². The van der Waals surface area contributed by atoms with Crippen LogP contribution in [0.25, 0.3) is 0 Å². The van der Waals surface area contributed by atoms with Gasteiger partial charge in [-0.1, -0.05) is 30.3 Å². The van der Waals surface area contributed by atoms with Crippen molar-refractivity contribution in [2.24, 2.45) is 5.92 Å². The van der Waals surface area contributed by atoms with Crippen molar-refractivity contribution in [2.45, 2.75) is 19.4 Å². The van der Waals surface area contributed by atoms with Crippen LogP contribution in [0.15, 0.2) is 48.5 Å². The summed E-state index contributed by atoms with van der Waals surface area (Å²) in [5.74, 6) is 1.39. The summed E-state index contributed by atoms with van der Waals surface area (Å²) in [6, 6.07) is 15.3. The minimum atomic E-state index is 0.0982. The van der Waals surface area contributed by atoms with Gasteiger partial charge in [-0.05, 0) is 55.6 Å². The molecule has 0 atom stereocenters. The van der Waals surface area contributed by atoms with Crippen LogP contribution in [-0.4, -0.2) is 54.8 Å². The maximum absolute atomic E-state index is 12.6. The first-order valence-electron chi connectivity index (χ1n) is 9.91. The van der Waals surface area contributed by atoms with E-state index in [2.05, 4.69) is 4.90 Å². The molecule has 0 saturated carbocycles. The van der Waals surface area contributed by atoms with Crippen molar-refractivity contribution in [1.82, 2.24) is 9.80 Å². The molecule has 0 spiro atoms. The van der Waals surface area contributed by atoms with Gasteiger partial charge in [-0.15, -0.1) is 0 Å². The lowest BCUT2D eigenvalue weighted by Gasteiger charge is -2.33. The fourth-order valence-corrected chi connectivity index (χ4v) is 4.26. The van der Waals surface area contributed by atoms with Crippen LogP contribution >= 0.6 is 0 Å². The number of ketones is 1. The Hall–Kier alpha value is -2.66. The summed E-state index contributed by atoms with van der Waals surface area (Å²) in [5, 5.41) is 0. The van der Waals surface area contributed by atoms with Crippen LogP contribution in [0.1, 0.15) is 39.1 Å². The number of Topliss-reactive ketones (excluding diaryl/α,β-unsaturated/α-hetero) is 1. The standard InChI is InChI=1S/C23H26N2O3/c1-28-22-9-5-4-8-20(22)21(26)16-24-12-10-17(11-13-24)14-25-15-18-6-2-3-7-19(18)23(25)27/h2-9,17H,10-16H2,1H3. The van der Waals surface area contributed by atoms with Crippen molar-refractivity contribution < 1.29 is 14.3 Å². The van der Waals surface area contributed by atoms with Crippen molar-refractivity contribution in [3.63, 3.8) is 0 Å². The lowest BCUT2D eigenvalue weighted by Crippen LogP contribution is -2.41. The third-order valence-electron chi connectivity index (χ3n) is 5.86. The van der Waals surface area contributed by atoms with E-state index in [4.69, 9.17) is 4.74 Å². The number of hydrogen-bond donors (Lipinski definition) is 0. The molecule has 5 heteroatoms. The Balaban J connectivity index is 1.28. The molecule has 1 amide bonds. The SMILES string of the molecule is COc1ccccc1C(=O)CN1CCC(CN2Cc3ccccc3C2=O)CC1. The van der Waals surface area contributed by atoms with Crippen molar-refractivity contribution in [3.05, 3.63) is 65.2 Å². The highest BCUT2D eigenvalue weighted by Gasteiger charge is 2.30. The molecule has 2 aromatic rings. The van der Waals surface area contributed by atoms with Gasteiger partial charge in [-0.2, -0.15) is 0 Å². The van der Waals surface area contributed by atoms with Gasteiger partial charge < -0.3 is 9.64 Å². The minimum absolute atomic E-state index is 0.0982. The number of benzene rings is 2. The number of nitrogens with zero attached hydrogens (tertiary/aromatic N) is 2. The van der Waals surface area contributed by atoms with Crippen LogP contribution in [-0.2, 0) is 6.54 Å². The van der Waals surface area contributed by atoms with Gasteiger partial charge in [0.2, 0.25) is 0 Å². The van der Waals surface area contributed by atoms with Crippen molar-refractivity contribution in [2.75, 3.05) is 33.3 Å². The highest BCUT2D eigenvalue weighted by molar-refractivity contribution is 6.00. The molecule has 0 unspecified atom stereocenters. The number of likely N-dealkylation sites (tertiary alicyclic amines) is 1. The van der Waals surface area contributed by atoms with E-state index >= 15 is 0 Å². The van der Waals surface area contributed by atoms with Gasteiger partial charge in [-0.3, -0.25) is 14.5 Å². The topological polar surface area (TPSA) is 49.9 Å². The molecule has 2 heterocycles. The molecule has 2 aliphatic heterocycles. The van der Waals surface area contributed by atoms with E-state index in [1.807, 2.05) is 53.4 Å². The molecule has 0 bridgehead atoms. The molecule has 0 N–H and O–H groups in total. The average Bonchev–Trinajstić information content (AvgIpc) is 3.05. The number of methoxy groups -OCH3 is 1. The number of amides is 1. The van der Waals surface area contributed by atoms with Crippen LogP contribution in [0.4, 0.5) is 0 Å². The smallest absolute Gasteiger partial charge is 0.254 e. The Labute approximate surface area is 165 Å². The third kappa shape index (κ3) is 3.80. The number of para-hydroxylation sites is 1. The van der Waals surface area contributed by atoms with E-state index in [9.17, 15) is 9.59 Å². The number of carbonyl (C=O) groups is 2. The summed E-state index contributed by atoms with van der Waals surface area (Å²) < 4.78 is 5.31. The molecule has 2 aliphatic rings. The Bertz CT molecular complexity index is 872. The molecular weight excluding hydrogens is 352 g/mol. The molecule has 2 aromatic carbocycles. The number of ether oxygens (including phenoxy) is 1. The van der Waals surface area contributed by atoms with Crippen LogP contribution in [0.3, 0.4) is 0 Å². The zero-order valence-electron chi connectivity index (χ0n) is 16.3. The summed E-state index contributed by atoms with van der Waals surface area (Å²) in [6.07, 6.45) is 2.03. The minimum Gasteiger partial charge on any atom is -0.496 e. The number of rotatable bonds is 6. The molecule has 28 heavy (non-hydrogen) atoms. The fourth-order valence-electron chi connectivity index (χ4n) is 4.26. The Morgan fingerprint density at radius 2 is 1.79 bits per heavy atom. The second kappa shape index (κ2) is 8.15. The van der Waals surface area contributed by atoms with Gasteiger partial charge in [0.1, 0.15) is 5.75 Å². The number of hydrogen-bond acceptors (Lipinski definition) is 4. The second-order valence-electron chi connectivity index (χ2n) is 7.69. The number of carbonyl (C=O) groups excluding carboxylic acids is 2. The molecule has 1 fully saturated rings. The Morgan fingerprint density at radius 1 is 1.07 bits per heavy atom. The maximum atomic E-state index is 12.6. The molecule has 146 valence electrons. The first kappa shape index (κ1) is 18.7. The molecule has 0 radical (unpaired) electrons. The van der Waals surface area contributed by atoms with E-state index in [0.717, 1.165) is 50.1 Å². The fraction of sp³-hybridized carbons (Fsp3) is 0.391. The van der Waals surface area contributed by atoms with E-state index in [1.54, 1.807) is 7.11 Å². The van der Waals surface area contributed by atoms with E-state index in [-0.39, 0.29) is 11.7 Å². The first-order valence-corrected chi connectivity index (χ1v) is 9.91. The monoisotopic (exact) mass is 378 g/mol. The zero-order chi connectivity index (χ0) is 19.5. The predicted molar refractivity (Wildman–Crippen MR) is 108 cm³/mol. The predicted octanol–water partition coefficient (Wildman–Crippen LogP) is 3.25. The molecule has 1 saturated heterocycles. The Kier molecular flexibility index (Phi) is 5.44. The summed E-state index contributed by atoms with van der Waals surface area (Å²) in [5.41, 5.74) is 2.63. The second-order valence-corrected chi connectivity index (χ2v) is 7.69. The first-order chi connectivity index (χ1) is 13.7. The Morgan fingerprint density at radius 3 is 2.54 bits per heavy atom. The van der Waals surface area contributed by atoms with Gasteiger partial charge in [0.15, 0.2) is 5.78 Å². The maximum Gasteiger partial charge on any atom is 0.254 e. The normalized spacial score (nSPS) is 17.6. The molecular formula is C23H26N2O3. The quantitative estimate of drug-likeness (QED) is 0.724. The van der Waals surface area contributed by atoms with E-state index < -0.39 is 0 Å². The highest BCUT2D eigenvalue weighted by Crippen LogP contribution is 2.26. The van der Waals surface area contributed by atoms with Crippen LogP contribution in [0, 0.1) is 5.92 Å². The van der Waals surface area contributed by atoms with Gasteiger partial charge in [0, 0.05) is 18.7 Å². The number of piperidine rings is 1. The van der Waals surface area contributed by atoms with Gasteiger partial charge in [0.05, 0.1) is 19.2 Å². The van der Waals surface area contributed by atoms with Gasteiger partial charge >= 0.3 is 0 Å². The van der Waals surface area contributed by atoms with Gasteiger partial charge in [0.25, 0.3) is 5.91 Å². The highest BCUT2D eigenvalue weighted by atomic mass is 16.5. The zero-order valence-corrected chi connectivity index (χ0v) is 16.3. The summed E-state index contributed by atoms with van der Waals surface area (Å²) in [6.45, 7) is 3.73. The van der Waals surface area contributed by atoms with Gasteiger partial charge in [-0.25, -0.2) is 0 Å². The molecule has 0 aliphatic carbocycles. The molecule has 4 rings (SSSR count). The van der Waals surface area contributed by atoms with Crippen molar-refractivity contribution in [1.29, 1.82) is 0 Å². The van der Waals surface area contributed by atoms with E-state index in [1.165, 1.54) is 0 Å². The summed E-state index contributed by atoms with van der Waals surface area (Å²) in [7, 11) is 1.59. The molecule has 5 nitrogen and oxygen atoms in total.